The number of carbonyl (C=O) groups is 1. The lowest BCUT2D eigenvalue weighted by Crippen LogP contribution is -2.29. The average Bonchev–Trinajstić information content (AvgIpc) is 3.20. The SMILES string of the molecule is CC/C=C\C/C=C\C/C=C\C/C=C\C/C=C\CCCCCCOCC(COP(=O)(O)OCC(O)CO)OC(=O)CCCCCCCCCCCCCCCCCC. The standard InChI is InChI=1S/C47H85O9P/c1-3-5-7-9-11-13-15-17-19-21-22-23-24-26-28-30-32-34-36-38-40-53-43-46(44-55-57(51,52)54-42-45(49)41-48)56-47(50)39-37-35-33-31-29-27-25-20-18-16-14-12-10-8-6-4-2/h5,7,11,13,17,19,22-23,26,28,45-46,48-49H,3-4,6,8-10,12,14-16,18,20-21,24-25,27,29-44H2,1-2H3,(H,51,52)/b7-5-,13-11-,19-17-,23-22-,28-26-. The van der Waals surface area contributed by atoms with E-state index >= 15 is 0 Å². The molecule has 0 rings (SSSR count). The van der Waals surface area contributed by atoms with Crippen molar-refractivity contribution in [3.05, 3.63) is 60.8 Å². The van der Waals surface area contributed by atoms with E-state index in [1.54, 1.807) is 0 Å². The van der Waals surface area contributed by atoms with Gasteiger partial charge in [-0.05, 0) is 57.8 Å². The first-order valence-electron chi connectivity index (χ1n) is 22.8. The van der Waals surface area contributed by atoms with Gasteiger partial charge in [-0.25, -0.2) is 4.57 Å². The van der Waals surface area contributed by atoms with E-state index in [9.17, 15) is 19.4 Å². The summed E-state index contributed by atoms with van der Waals surface area (Å²) < 4.78 is 33.4. The van der Waals surface area contributed by atoms with Gasteiger partial charge in [0.25, 0.3) is 0 Å². The zero-order valence-electron chi connectivity index (χ0n) is 36.3. The van der Waals surface area contributed by atoms with Crippen LogP contribution in [0.2, 0.25) is 0 Å². The minimum Gasteiger partial charge on any atom is -0.457 e. The van der Waals surface area contributed by atoms with E-state index < -0.39 is 39.2 Å². The molecule has 0 aromatic carbocycles. The number of unbranched alkanes of at least 4 members (excludes halogenated alkanes) is 19. The molecule has 0 aliphatic carbocycles. The van der Waals surface area contributed by atoms with Gasteiger partial charge >= 0.3 is 13.8 Å². The van der Waals surface area contributed by atoms with E-state index in [4.69, 9.17) is 23.6 Å². The molecule has 57 heavy (non-hydrogen) atoms. The number of aliphatic hydroxyl groups excluding tert-OH is 2. The highest BCUT2D eigenvalue weighted by Gasteiger charge is 2.26. The maximum absolute atomic E-state index is 12.6. The van der Waals surface area contributed by atoms with Crippen LogP contribution >= 0.6 is 7.82 Å². The summed E-state index contributed by atoms with van der Waals surface area (Å²) in [5.74, 6) is -0.392. The third-order valence-electron chi connectivity index (χ3n) is 9.47. The van der Waals surface area contributed by atoms with E-state index in [2.05, 4.69) is 74.6 Å². The molecule has 0 bridgehead atoms. The van der Waals surface area contributed by atoms with Crippen LogP contribution in [-0.4, -0.2) is 66.3 Å². The number of aliphatic hydroxyl groups is 2. The third kappa shape index (κ3) is 43.6. The van der Waals surface area contributed by atoms with Crippen molar-refractivity contribution in [2.24, 2.45) is 0 Å². The Balaban J connectivity index is 4.20. The molecule has 3 N–H and O–H groups in total. The van der Waals surface area contributed by atoms with E-state index in [1.807, 2.05) is 0 Å². The summed E-state index contributed by atoms with van der Waals surface area (Å²) in [6, 6.07) is 0. The van der Waals surface area contributed by atoms with Crippen molar-refractivity contribution in [3.63, 3.8) is 0 Å². The Kier molecular flexibility index (Phi) is 42.3. The molecule has 0 aromatic heterocycles. The van der Waals surface area contributed by atoms with Crippen LogP contribution < -0.4 is 0 Å². The Morgan fingerprint density at radius 2 is 1.00 bits per heavy atom. The van der Waals surface area contributed by atoms with Crippen molar-refractivity contribution in [3.8, 4) is 0 Å². The zero-order chi connectivity index (χ0) is 41.8. The summed E-state index contributed by atoms with van der Waals surface area (Å²) in [5.41, 5.74) is 0. The van der Waals surface area contributed by atoms with Gasteiger partial charge in [0.15, 0.2) is 0 Å². The van der Waals surface area contributed by atoms with Gasteiger partial charge in [0.05, 0.1) is 26.4 Å². The maximum atomic E-state index is 12.6. The molecule has 9 nitrogen and oxygen atoms in total. The number of phosphoric ester groups is 1. The van der Waals surface area contributed by atoms with Crippen molar-refractivity contribution >= 4 is 13.8 Å². The smallest absolute Gasteiger partial charge is 0.457 e. The maximum Gasteiger partial charge on any atom is 0.472 e. The lowest BCUT2D eigenvalue weighted by atomic mass is 10.0. The predicted molar refractivity (Wildman–Crippen MR) is 237 cm³/mol. The van der Waals surface area contributed by atoms with Crippen LogP contribution in [-0.2, 0) is 27.9 Å². The van der Waals surface area contributed by atoms with Crippen molar-refractivity contribution in [2.45, 2.75) is 199 Å². The molecule has 3 unspecified atom stereocenters. The zero-order valence-corrected chi connectivity index (χ0v) is 37.2. The second kappa shape index (κ2) is 43.7. The van der Waals surface area contributed by atoms with Crippen LogP contribution in [0.4, 0.5) is 0 Å². The van der Waals surface area contributed by atoms with Gasteiger partial charge in [0.2, 0.25) is 0 Å². The quantitative estimate of drug-likeness (QED) is 0.0238. The molecular formula is C47H85O9P. The number of esters is 1. The fourth-order valence-corrected chi connectivity index (χ4v) is 6.82. The summed E-state index contributed by atoms with van der Waals surface area (Å²) in [6.45, 7) is 3.35. The number of allylic oxidation sites excluding steroid dienone is 10. The Morgan fingerprint density at radius 3 is 1.51 bits per heavy atom. The normalized spacial score (nSPS) is 14.5. The van der Waals surface area contributed by atoms with Gasteiger partial charge in [0, 0.05) is 13.0 Å². The second-order valence-electron chi connectivity index (χ2n) is 15.0. The van der Waals surface area contributed by atoms with E-state index in [0.717, 1.165) is 83.5 Å². The van der Waals surface area contributed by atoms with Gasteiger partial charge in [0.1, 0.15) is 12.2 Å². The van der Waals surface area contributed by atoms with Crippen LogP contribution in [0, 0.1) is 0 Å². The summed E-state index contributed by atoms with van der Waals surface area (Å²) >= 11 is 0. The van der Waals surface area contributed by atoms with Gasteiger partial charge in [-0.3, -0.25) is 13.8 Å². The molecule has 0 spiro atoms. The predicted octanol–water partition coefficient (Wildman–Crippen LogP) is 12.8. The minimum absolute atomic E-state index is 0.0317. The van der Waals surface area contributed by atoms with Crippen LogP contribution in [0.5, 0.6) is 0 Å². The van der Waals surface area contributed by atoms with Crippen LogP contribution in [0.1, 0.15) is 187 Å². The Morgan fingerprint density at radius 1 is 0.561 bits per heavy atom. The first-order valence-corrected chi connectivity index (χ1v) is 24.3. The highest BCUT2D eigenvalue weighted by Crippen LogP contribution is 2.43. The molecule has 0 aromatic rings. The van der Waals surface area contributed by atoms with Crippen LogP contribution in [0.3, 0.4) is 0 Å². The molecule has 3 atom stereocenters. The molecule has 0 fully saturated rings. The fourth-order valence-electron chi connectivity index (χ4n) is 6.03. The minimum atomic E-state index is -4.53. The highest BCUT2D eigenvalue weighted by atomic mass is 31.2. The van der Waals surface area contributed by atoms with Crippen molar-refractivity contribution in [1.82, 2.24) is 0 Å². The van der Waals surface area contributed by atoms with Crippen molar-refractivity contribution in [2.75, 3.05) is 33.0 Å². The summed E-state index contributed by atoms with van der Waals surface area (Å²) in [4.78, 5) is 22.6. The Labute approximate surface area is 349 Å². The summed E-state index contributed by atoms with van der Waals surface area (Å²) in [5, 5.41) is 18.4. The number of rotatable bonds is 43. The molecule has 0 saturated carbocycles. The molecule has 0 aliphatic heterocycles. The van der Waals surface area contributed by atoms with Crippen LogP contribution in [0.25, 0.3) is 0 Å². The van der Waals surface area contributed by atoms with E-state index in [0.29, 0.717) is 6.61 Å². The Bertz CT molecular complexity index is 1070. The number of hydrogen-bond acceptors (Lipinski definition) is 8. The van der Waals surface area contributed by atoms with Gasteiger partial charge < -0.3 is 24.6 Å². The van der Waals surface area contributed by atoms with Crippen LogP contribution in [0.15, 0.2) is 60.8 Å². The lowest BCUT2D eigenvalue weighted by molar-refractivity contribution is -0.154. The van der Waals surface area contributed by atoms with Gasteiger partial charge in [-0.1, -0.05) is 184 Å². The molecule has 0 radical (unpaired) electrons. The first-order chi connectivity index (χ1) is 27.8. The topological polar surface area (TPSA) is 132 Å². The third-order valence-corrected chi connectivity index (χ3v) is 10.4. The molecule has 0 saturated heterocycles. The second-order valence-corrected chi connectivity index (χ2v) is 16.5. The lowest BCUT2D eigenvalue weighted by Gasteiger charge is -2.20. The largest absolute Gasteiger partial charge is 0.472 e. The van der Waals surface area contributed by atoms with Crippen molar-refractivity contribution in [1.29, 1.82) is 0 Å². The number of carbonyl (C=O) groups excluding carboxylic acids is 1. The molecule has 0 aliphatic rings. The molecular weight excluding hydrogens is 739 g/mol. The monoisotopic (exact) mass is 825 g/mol. The van der Waals surface area contributed by atoms with Gasteiger partial charge in [-0.2, -0.15) is 0 Å². The van der Waals surface area contributed by atoms with Crippen molar-refractivity contribution < 1.29 is 43.0 Å². The summed E-state index contributed by atoms with van der Waals surface area (Å²) in [7, 11) is -4.53. The van der Waals surface area contributed by atoms with Gasteiger partial charge in [-0.15, -0.1) is 0 Å². The average molecular weight is 825 g/mol. The number of phosphoric acid groups is 1. The molecule has 0 amide bonds. The fraction of sp³-hybridized carbons (Fsp3) is 0.766. The highest BCUT2D eigenvalue weighted by molar-refractivity contribution is 7.47. The van der Waals surface area contributed by atoms with E-state index in [1.165, 1.54) is 83.5 Å². The summed E-state index contributed by atoms with van der Waals surface area (Å²) in [6.07, 6.45) is 50.3. The molecule has 332 valence electrons. The molecule has 0 heterocycles. The first kappa shape index (κ1) is 55.2. The van der Waals surface area contributed by atoms with E-state index in [-0.39, 0.29) is 19.6 Å². The molecule has 10 heteroatoms. The number of hydrogen-bond donors (Lipinski definition) is 3. The Hall–Kier alpha value is -1.84. The number of ether oxygens (including phenoxy) is 2.